The Labute approximate surface area is 183 Å². The third kappa shape index (κ3) is 4.66. The van der Waals surface area contributed by atoms with Crippen LogP contribution in [0.3, 0.4) is 0 Å². The first kappa shape index (κ1) is 20.8. The average molecular weight is 417 g/mol. The lowest BCUT2D eigenvalue weighted by Crippen LogP contribution is -2.33. The first-order chi connectivity index (χ1) is 15.2. The Bertz CT molecular complexity index is 1130. The van der Waals surface area contributed by atoms with Crippen LogP contribution in [0.2, 0.25) is 0 Å². The number of para-hydroxylation sites is 1. The second kappa shape index (κ2) is 9.56. The summed E-state index contributed by atoms with van der Waals surface area (Å²) in [5, 5.41) is 1.23. The van der Waals surface area contributed by atoms with Gasteiger partial charge >= 0.3 is 0 Å². The number of ether oxygens (including phenoxy) is 2. The molecular weight excluding hydrogens is 388 g/mol. The summed E-state index contributed by atoms with van der Waals surface area (Å²) >= 11 is 0. The maximum Gasteiger partial charge on any atom is 0.246 e. The van der Waals surface area contributed by atoms with Crippen molar-refractivity contribution in [3.8, 4) is 11.5 Å². The fourth-order valence-corrected chi connectivity index (χ4v) is 3.90. The number of hydrogen-bond acceptors (Lipinski definition) is 3. The number of nitrogens with one attached hydrogen (secondary N) is 1. The molecule has 0 saturated carbocycles. The van der Waals surface area contributed by atoms with Crippen LogP contribution in [0.15, 0.2) is 60.8 Å². The number of carbonyl (C=O) groups excluding carboxylic acids is 1. The summed E-state index contributed by atoms with van der Waals surface area (Å²) < 4.78 is 11.3. The zero-order valence-corrected chi connectivity index (χ0v) is 18.1. The van der Waals surface area contributed by atoms with Crippen LogP contribution in [-0.2, 0) is 4.79 Å². The number of rotatable bonds is 7. The molecule has 1 aliphatic heterocycles. The fourth-order valence-electron chi connectivity index (χ4n) is 3.90. The van der Waals surface area contributed by atoms with Gasteiger partial charge in [-0.15, -0.1) is 0 Å². The van der Waals surface area contributed by atoms with Crippen molar-refractivity contribution < 1.29 is 14.3 Å². The van der Waals surface area contributed by atoms with E-state index in [1.165, 1.54) is 16.5 Å². The Morgan fingerprint density at radius 3 is 2.68 bits per heavy atom. The number of benzene rings is 2. The zero-order chi connectivity index (χ0) is 21.6. The molecule has 0 fully saturated rings. The number of nitrogens with zero attached hydrogens (tertiary/aromatic N) is 1. The third-order valence-electron chi connectivity index (χ3n) is 5.44. The quantitative estimate of drug-likeness (QED) is 0.532. The van der Waals surface area contributed by atoms with Crippen molar-refractivity contribution in [2.24, 2.45) is 0 Å². The van der Waals surface area contributed by atoms with E-state index in [1.807, 2.05) is 49.1 Å². The average Bonchev–Trinajstić information content (AvgIpc) is 3.23. The summed E-state index contributed by atoms with van der Waals surface area (Å²) in [4.78, 5) is 17.9. The topological polar surface area (TPSA) is 54.6 Å². The number of fused-ring (bicyclic) bond motifs is 1. The highest BCUT2D eigenvalue weighted by Gasteiger charge is 2.18. The predicted octanol–water partition coefficient (Wildman–Crippen LogP) is 5.29. The van der Waals surface area contributed by atoms with Crippen molar-refractivity contribution in [3.05, 3.63) is 71.9 Å². The van der Waals surface area contributed by atoms with Crippen LogP contribution in [0, 0.1) is 0 Å². The zero-order valence-electron chi connectivity index (χ0n) is 18.1. The molecular formula is C26H28N2O3. The normalized spacial score (nSPS) is 14.1. The van der Waals surface area contributed by atoms with Crippen molar-refractivity contribution in [3.63, 3.8) is 0 Å². The summed E-state index contributed by atoms with van der Waals surface area (Å²) in [6.45, 7) is 6.35. The molecule has 1 aliphatic rings. The lowest BCUT2D eigenvalue weighted by Gasteiger charge is -2.25. The first-order valence-electron chi connectivity index (χ1n) is 10.8. The fraction of sp³-hybridized carbons (Fsp3) is 0.269. The van der Waals surface area contributed by atoms with Crippen molar-refractivity contribution in [1.29, 1.82) is 0 Å². The second-order valence-corrected chi connectivity index (χ2v) is 7.42. The Morgan fingerprint density at radius 1 is 1.10 bits per heavy atom. The number of H-pyrrole nitrogens is 1. The SMILES string of the molecule is CCOc1ccc(/C=C/C(=O)N2CC=C(c3c[nH]c4ccccc34)CC2)cc1OCC. The van der Waals surface area contributed by atoms with Crippen LogP contribution < -0.4 is 9.47 Å². The number of amides is 1. The molecule has 1 amide bonds. The number of aromatic amines is 1. The van der Waals surface area contributed by atoms with E-state index in [0.717, 1.165) is 23.3 Å². The molecule has 0 saturated heterocycles. The first-order valence-corrected chi connectivity index (χ1v) is 10.8. The van der Waals surface area contributed by atoms with E-state index in [-0.39, 0.29) is 5.91 Å². The van der Waals surface area contributed by atoms with E-state index in [2.05, 4.69) is 35.5 Å². The molecule has 0 spiro atoms. The van der Waals surface area contributed by atoms with Crippen LogP contribution in [-0.4, -0.2) is 42.1 Å². The minimum Gasteiger partial charge on any atom is -0.490 e. The maximum absolute atomic E-state index is 12.7. The third-order valence-corrected chi connectivity index (χ3v) is 5.44. The molecule has 0 bridgehead atoms. The Balaban J connectivity index is 1.43. The summed E-state index contributed by atoms with van der Waals surface area (Å²) in [5.41, 5.74) is 4.57. The van der Waals surface area contributed by atoms with E-state index < -0.39 is 0 Å². The van der Waals surface area contributed by atoms with Crippen LogP contribution in [0.25, 0.3) is 22.6 Å². The summed E-state index contributed by atoms with van der Waals surface area (Å²) in [7, 11) is 0. The Hall–Kier alpha value is -3.47. The van der Waals surface area contributed by atoms with E-state index in [0.29, 0.717) is 32.1 Å². The maximum atomic E-state index is 12.7. The van der Waals surface area contributed by atoms with Gasteiger partial charge in [-0.1, -0.05) is 30.3 Å². The molecule has 1 aromatic heterocycles. The van der Waals surface area contributed by atoms with Crippen molar-refractivity contribution in [1.82, 2.24) is 9.88 Å². The van der Waals surface area contributed by atoms with Crippen molar-refractivity contribution in [2.75, 3.05) is 26.3 Å². The minimum atomic E-state index is 0.0149. The largest absolute Gasteiger partial charge is 0.490 e. The molecule has 160 valence electrons. The second-order valence-electron chi connectivity index (χ2n) is 7.42. The molecule has 31 heavy (non-hydrogen) atoms. The minimum absolute atomic E-state index is 0.0149. The molecule has 2 heterocycles. The van der Waals surface area contributed by atoms with Crippen LogP contribution >= 0.6 is 0 Å². The molecule has 0 aliphatic carbocycles. The van der Waals surface area contributed by atoms with E-state index in [1.54, 1.807) is 6.08 Å². The molecule has 5 heteroatoms. The monoisotopic (exact) mass is 416 g/mol. The highest BCUT2D eigenvalue weighted by atomic mass is 16.5. The van der Waals surface area contributed by atoms with Crippen molar-refractivity contribution >= 4 is 28.5 Å². The highest BCUT2D eigenvalue weighted by Crippen LogP contribution is 2.30. The number of hydrogen-bond donors (Lipinski definition) is 1. The Morgan fingerprint density at radius 2 is 1.90 bits per heavy atom. The van der Waals surface area contributed by atoms with Gasteiger partial charge < -0.3 is 19.4 Å². The van der Waals surface area contributed by atoms with Gasteiger partial charge in [0.2, 0.25) is 5.91 Å². The molecule has 3 aromatic rings. The van der Waals surface area contributed by atoms with Gasteiger partial charge in [-0.3, -0.25) is 4.79 Å². The van der Waals surface area contributed by atoms with Crippen LogP contribution in [0.4, 0.5) is 0 Å². The molecule has 4 rings (SSSR count). The van der Waals surface area contributed by atoms with Crippen LogP contribution in [0.1, 0.15) is 31.4 Å². The smallest absolute Gasteiger partial charge is 0.246 e. The van der Waals surface area contributed by atoms with E-state index in [9.17, 15) is 4.79 Å². The summed E-state index contributed by atoms with van der Waals surface area (Å²) in [5.74, 6) is 1.43. The molecule has 5 nitrogen and oxygen atoms in total. The molecule has 0 radical (unpaired) electrons. The van der Waals surface area contributed by atoms with Crippen LogP contribution in [0.5, 0.6) is 11.5 Å². The van der Waals surface area contributed by atoms with Gasteiger partial charge in [-0.05, 0) is 55.7 Å². The van der Waals surface area contributed by atoms with Gasteiger partial charge in [0.25, 0.3) is 0 Å². The predicted molar refractivity (Wildman–Crippen MR) is 125 cm³/mol. The number of aromatic nitrogens is 1. The number of carbonyl (C=O) groups is 1. The van der Waals surface area contributed by atoms with Crippen molar-refractivity contribution in [2.45, 2.75) is 20.3 Å². The standard InChI is InChI=1S/C26H28N2O3/c1-3-30-24-11-9-19(17-25(24)31-4-2)10-12-26(29)28-15-13-20(14-16-28)22-18-27-23-8-6-5-7-21(22)23/h5-13,17-18,27H,3-4,14-16H2,1-2H3/b12-10+. The molecule has 0 atom stereocenters. The lowest BCUT2D eigenvalue weighted by molar-refractivity contribution is -0.125. The molecule has 1 N–H and O–H groups in total. The molecule has 2 aromatic carbocycles. The van der Waals surface area contributed by atoms with Gasteiger partial charge in [-0.2, -0.15) is 0 Å². The van der Waals surface area contributed by atoms with E-state index >= 15 is 0 Å². The van der Waals surface area contributed by atoms with Gasteiger partial charge in [0.05, 0.1) is 13.2 Å². The lowest BCUT2D eigenvalue weighted by atomic mass is 9.99. The summed E-state index contributed by atoms with van der Waals surface area (Å²) in [6.07, 6.45) is 8.54. The van der Waals surface area contributed by atoms with Gasteiger partial charge in [0.1, 0.15) is 0 Å². The molecule has 0 unspecified atom stereocenters. The summed E-state index contributed by atoms with van der Waals surface area (Å²) in [6, 6.07) is 14.0. The Kier molecular flexibility index (Phi) is 6.41. The highest BCUT2D eigenvalue weighted by molar-refractivity contribution is 5.95. The van der Waals surface area contributed by atoms with Gasteiger partial charge in [-0.25, -0.2) is 0 Å². The van der Waals surface area contributed by atoms with Gasteiger partial charge in [0.15, 0.2) is 11.5 Å². The van der Waals surface area contributed by atoms with E-state index in [4.69, 9.17) is 9.47 Å². The van der Waals surface area contributed by atoms with Gasteiger partial charge in [0, 0.05) is 41.8 Å².